The molecule has 176 valence electrons. The zero-order valence-electron chi connectivity index (χ0n) is 19.4. The summed E-state index contributed by atoms with van der Waals surface area (Å²) in [6, 6.07) is 21.6. The Labute approximate surface area is 203 Å². The maximum Gasteiger partial charge on any atom is 0.255 e. The topological polar surface area (TPSA) is 75.7 Å². The van der Waals surface area contributed by atoms with Gasteiger partial charge >= 0.3 is 0 Å². The highest BCUT2D eigenvalue weighted by atomic mass is 16.5. The fraction of sp³-hybridized carbons (Fsp3) is 0.276. The lowest BCUT2D eigenvalue weighted by molar-refractivity contribution is -0.123. The predicted octanol–water partition coefficient (Wildman–Crippen LogP) is 5.58. The highest BCUT2D eigenvalue weighted by Gasteiger charge is 2.61. The van der Waals surface area contributed by atoms with Crippen molar-refractivity contribution in [1.82, 2.24) is 0 Å². The van der Waals surface area contributed by atoms with E-state index >= 15 is 0 Å². The lowest BCUT2D eigenvalue weighted by atomic mass is 9.81. The number of nitrogens with one attached hydrogen (secondary N) is 1. The Morgan fingerprint density at radius 1 is 0.800 bits per heavy atom. The molecule has 3 aliphatic rings. The molecule has 0 spiro atoms. The molecule has 6 heteroatoms. The van der Waals surface area contributed by atoms with Crippen LogP contribution in [-0.4, -0.2) is 17.7 Å². The number of imide groups is 1. The Kier molecular flexibility index (Phi) is 5.17. The normalized spacial score (nSPS) is 24.5. The molecule has 6 rings (SSSR count). The number of ether oxygens (including phenoxy) is 1. The van der Waals surface area contributed by atoms with Crippen LogP contribution in [0.15, 0.2) is 72.8 Å². The second-order valence-electron chi connectivity index (χ2n) is 9.84. The maximum absolute atomic E-state index is 13.0. The number of amides is 3. The number of carbonyl (C=O) groups excluding carboxylic acids is 3. The minimum atomic E-state index is -0.266. The molecule has 4 unspecified atom stereocenters. The number of hydrogen-bond donors (Lipinski definition) is 1. The van der Waals surface area contributed by atoms with Crippen LogP contribution in [-0.2, 0) is 9.59 Å². The standard InChI is InChI=1S/C29H26N2O4/c1-17-2-12-23(13-3-17)35-24-14-8-21(9-15-24)30-27(32)18-6-10-22(11-7-18)31-28(33)25-19-4-5-20(16-19)26(25)29(31)34/h2-3,6-15,19-20,25-26H,4-5,16H2,1H3,(H,30,32). The van der Waals surface area contributed by atoms with E-state index in [0.29, 0.717) is 34.5 Å². The van der Waals surface area contributed by atoms with Gasteiger partial charge in [-0.25, -0.2) is 0 Å². The Morgan fingerprint density at radius 3 is 1.91 bits per heavy atom. The number of nitrogens with zero attached hydrogens (tertiary/aromatic N) is 1. The molecule has 3 aromatic rings. The van der Waals surface area contributed by atoms with E-state index in [0.717, 1.165) is 30.6 Å². The van der Waals surface area contributed by atoms with E-state index in [9.17, 15) is 14.4 Å². The van der Waals surface area contributed by atoms with Crippen LogP contribution in [0.5, 0.6) is 11.5 Å². The van der Waals surface area contributed by atoms with Gasteiger partial charge in [-0.15, -0.1) is 0 Å². The molecule has 3 fully saturated rings. The van der Waals surface area contributed by atoms with Crippen LogP contribution in [0.2, 0.25) is 0 Å². The molecular weight excluding hydrogens is 440 g/mol. The summed E-state index contributed by atoms with van der Waals surface area (Å²) in [6.45, 7) is 2.02. The fourth-order valence-electron chi connectivity index (χ4n) is 5.98. The van der Waals surface area contributed by atoms with Gasteiger partial charge in [0.2, 0.25) is 11.8 Å². The molecule has 35 heavy (non-hydrogen) atoms. The zero-order valence-corrected chi connectivity index (χ0v) is 19.4. The lowest BCUT2D eigenvalue weighted by Crippen LogP contribution is -2.32. The van der Waals surface area contributed by atoms with E-state index in [2.05, 4.69) is 5.32 Å². The van der Waals surface area contributed by atoms with Crippen molar-refractivity contribution in [2.75, 3.05) is 10.2 Å². The first-order chi connectivity index (χ1) is 17.0. The highest BCUT2D eigenvalue weighted by Crippen LogP contribution is 2.56. The molecule has 1 N–H and O–H groups in total. The third kappa shape index (κ3) is 3.79. The van der Waals surface area contributed by atoms with Crippen LogP contribution in [0, 0.1) is 30.6 Å². The molecular formula is C29H26N2O4. The Hall–Kier alpha value is -3.93. The molecule has 1 aliphatic heterocycles. The number of aryl methyl sites for hydroxylation is 1. The minimum Gasteiger partial charge on any atom is -0.457 e. The first kappa shape index (κ1) is 21.6. The Balaban J connectivity index is 1.11. The number of fused-ring (bicyclic) bond motifs is 5. The number of rotatable bonds is 5. The molecule has 2 saturated carbocycles. The molecule has 0 radical (unpaired) electrons. The van der Waals surface area contributed by atoms with Crippen LogP contribution in [0.4, 0.5) is 11.4 Å². The van der Waals surface area contributed by atoms with Gasteiger partial charge in [-0.3, -0.25) is 19.3 Å². The third-order valence-corrected chi connectivity index (χ3v) is 7.68. The summed E-state index contributed by atoms with van der Waals surface area (Å²) >= 11 is 0. The van der Waals surface area contributed by atoms with Gasteiger partial charge in [-0.1, -0.05) is 17.7 Å². The fourth-order valence-corrected chi connectivity index (χ4v) is 5.98. The largest absolute Gasteiger partial charge is 0.457 e. The third-order valence-electron chi connectivity index (χ3n) is 7.68. The van der Waals surface area contributed by atoms with Crippen molar-refractivity contribution in [3.63, 3.8) is 0 Å². The molecule has 3 amide bonds. The molecule has 1 heterocycles. The SMILES string of the molecule is Cc1ccc(Oc2ccc(NC(=O)c3ccc(N4C(=O)C5C6CCC(C6)C5C4=O)cc3)cc2)cc1. The van der Waals surface area contributed by atoms with Gasteiger partial charge in [-0.2, -0.15) is 0 Å². The van der Waals surface area contributed by atoms with Crippen molar-refractivity contribution in [3.8, 4) is 11.5 Å². The van der Waals surface area contributed by atoms with E-state index < -0.39 is 0 Å². The molecule has 1 saturated heterocycles. The van der Waals surface area contributed by atoms with Crippen LogP contribution in [0.25, 0.3) is 0 Å². The van der Waals surface area contributed by atoms with Crippen LogP contribution < -0.4 is 15.0 Å². The number of benzene rings is 3. The summed E-state index contributed by atoms with van der Waals surface area (Å²) in [4.78, 5) is 40.1. The van der Waals surface area contributed by atoms with E-state index in [4.69, 9.17) is 4.74 Å². The average molecular weight is 467 g/mol. The quantitative estimate of drug-likeness (QED) is 0.499. The van der Waals surface area contributed by atoms with E-state index in [1.54, 1.807) is 48.5 Å². The average Bonchev–Trinajstić information content (AvgIpc) is 3.55. The van der Waals surface area contributed by atoms with E-state index in [-0.39, 0.29) is 29.6 Å². The number of anilines is 2. The van der Waals surface area contributed by atoms with Gasteiger partial charge in [0, 0.05) is 11.3 Å². The highest BCUT2D eigenvalue weighted by molar-refractivity contribution is 6.22. The smallest absolute Gasteiger partial charge is 0.255 e. The van der Waals surface area contributed by atoms with Crippen molar-refractivity contribution in [2.24, 2.45) is 23.7 Å². The van der Waals surface area contributed by atoms with Crippen molar-refractivity contribution >= 4 is 29.1 Å². The zero-order chi connectivity index (χ0) is 24.1. The van der Waals surface area contributed by atoms with Crippen LogP contribution in [0.3, 0.4) is 0 Å². The predicted molar refractivity (Wildman–Crippen MR) is 132 cm³/mol. The summed E-state index contributed by atoms with van der Waals surface area (Å²) in [7, 11) is 0. The molecule has 6 nitrogen and oxygen atoms in total. The van der Waals surface area contributed by atoms with Crippen molar-refractivity contribution in [3.05, 3.63) is 83.9 Å². The first-order valence-corrected chi connectivity index (χ1v) is 12.1. The van der Waals surface area contributed by atoms with Gasteiger partial charge in [0.15, 0.2) is 0 Å². The van der Waals surface area contributed by atoms with E-state index in [1.165, 1.54) is 4.90 Å². The summed E-state index contributed by atoms with van der Waals surface area (Å²) in [5.74, 6) is 1.42. The maximum atomic E-state index is 13.0. The van der Waals surface area contributed by atoms with Crippen LogP contribution >= 0.6 is 0 Å². The second kappa shape index (κ2) is 8.38. The van der Waals surface area contributed by atoms with Crippen molar-refractivity contribution in [2.45, 2.75) is 26.2 Å². The lowest BCUT2D eigenvalue weighted by Gasteiger charge is -2.19. The monoisotopic (exact) mass is 466 g/mol. The van der Waals surface area contributed by atoms with Gasteiger partial charge < -0.3 is 10.1 Å². The van der Waals surface area contributed by atoms with Gasteiger partial charge in [-0.05, 0) is 98.7 Å². The molecule has 2 bridgehead atoms. The van der Waals surface area contributed by atoms with Crippen LogP contribution in [0.1, 0.15) is 35.2 Å². The molecule has 0 aromatic heterocycles. The summed E-state index contributed by atoms with van der Waals surface area (Å²) in [5.41, 5.74) is 2.80. The van der Waals surface area contributed by atoms with E-state index in [1.807, 2.05) is 31.2 Å². The molecule has 4 atom stereocenters. The Bertz CT molecular complexity index is 1270. The molecule has 2 aliphatic carbocycles. The number of carbonyl (C=O) groups is 3. The van der Waals surface area contributed by atoms with Crippen molar-refractivity contribution in [1.29, 1.82) is 0 Å². The first-order valence-electron chi connectivity index (χ1n) is 12.1. The molecule has 3 aromatic carbocycles. The van der Waals surface area contributed by atoms with Gasteiger partial charge in [0.1, 0.15) is 11.5 Å². The summed E-state index contributed by atoms with van der Waals surface area (Å²) < 4.78 is 5.83. The van der Waals surface area contributed by atoms with Gasteiger partial charge in [0.25, 0.3) is 5.91 Å². The summed E-state index contributed by atoms with van der Waals surface area (Å²) in [6.07, 6.45) is 3.12. The Morgan fingerprint density at radius 2 is 1.34 bits per heavy atom. The summed E-state index contributed by atoms with van der Waals surface area (Å²) in [5, 5.41) is 2.87. The van der Waals surface area contributed by atoms with Crippen molar-refractivity contribution < 1.29 is 19.1 Å². The minimum absolute atomic E-state index is 0.0719. The van der Waals surface area contributed by atoms with Gasteiger partial charge in [0.05, 0.1) is 17.5 Å². The number of hydrogen-bond acceptors (Lipinski definition) is 4. The second-order valence-corrected chi connectivity index (χ2v) is 9.84.